The zero-order chi connectivity index (χ0) is 24.6. The van der Waals surface area contributed by atoms with Gasteiger partial charge < -0.3 is 9.47 Å². The molecule has 3 aromatic rings. The van der Waals surface area contributed by atoms with E-state index in [9.17, 15) is 18.0 Å². The summed E-state index contributed by atoms with van der Waals surface area (Å²) in [5.41, 5.74) is 3.22. The molecule has 0 bridgehead atoms. The van der Waals surface area contributed by atoms with E-state index in [1.807, 2.05) is 0 Å². The Bertz CT molecular complexity index is 1280. The summed E-state index contributed by atoms with van der Waals surface area (Å²) in [6.45, 7) is -0.497. The summed E-state index contributed by atoms with van der Waals surface area (Å²) >= 11 is 5.74. The molecule has 0 heterocycles. The lowest BCUT2D eigenvalue weighted by Gasteiger charge is -2.06. The van der Waals surface area contributed by atoms with Crippen molar-refractivity contribution in [3.8, 4) is 11.5 Å². The summed E-state index contributed by atoms with van der Waals surface area (Å²) in [6, 6.07) is 18.5. The third kappa shape index (κ3) is 7.14. The van der Waals surface area contributed by atoms with Gasteiger partial charge in [-0.2, -0.15) is 5.10 Å². The SMILES string of the molecule is COc1ccc(C(=O)Oc2ccc(/C=N/NC(=O)CNS(=O)(=O)c3ccc(Cl)cc3)cc2)cc1. The monoisotopic (exact) mass is 501 g/mol. The second kappa shape index (κ2) is 11.4. The molecule has 0 saturated carbocycles. The lowest BCUT2D eigenvalue weighted by atomic mass is 10.2. The topological polar surface area (TPSA) is 123 Å². The van der Waals surface area contributed by atoms with E-state index in [2.05, 4.69) is 15.2 Å². The fourth-order valence-electron chi connectivity index (χ4n) is 2.59. The first-order chi connectivity index (χ1) is 16.3. The number of nitrogens with one attached hydrogen (secondary N) is 2. The highest BCUT2D eigenvalue weighted by atomic mass is 35.5. The van der Waals surface area contributed by atoms with E-state index < -0.39 is 28.4 Å². The van der Waals surface area contributed by atoms with Crippen molar-refractivity contribution >= 4 is 39.7 Å². The number of benzene rings is 3. The number of amides is 1. The number of carbonyl (C=O) groups is 2. The minimum atomic E-state index is -3.86. The second-order valence-electron chi connectivity index (χ2n) is 6.76. The maximum absolute atomic E-state index is 12.2. The lowest BCUT2D eigenvalue weighted by Crippen LogP contribution is -2.34. The van der Waals surface area contributed by atoms with Crippen LogP contribution in [0.5, 0.6) is 11.5 Å². The zero-order valence-electron chi connectivity index (χ0n) is 17.9. The molecule has 2 N–H and O–H groups in total. The van der Waals surface area contributed by atoms with Crippen molar-refractivity contribution in [2.45, 2.75) is 4.90 Å². The third-order valence-electron chi connectivity index (χ3n) is 4.37. The molecule has 0 aliphatic rings. The van der Waals surface area contributed by atoms with E-state index in [0.29, 0.717) is 27.6 Å². The van der Waals surface area contributed by atoms with Crippen LogP contribution in [0.15, 0.2) is 82.8 Å². The Hall–Kier alpha value is -3.73. The molecule has 11 heteroatoms. The van der Waals surface area contributed by atoms with Crippen LogP contribution < -0.4 is 19.6 Å². The molecule has 34 heavy (non-hydrogen) atoms. The molecule has 0 saturated heterocycles. The van der Waals surface area contributed by atoms with E-state index in [1.54, 1.807) is 48.5 Å². The van der Waals surface area contributed by atoms with Gasteiger partial charge in [0.1, 0.15) is 11.5 Å². The Labute approximate surface area is 201 Å². The maximum atomic E-state index is 12.2. The first-order valence-corrected chi connectivity index (χ1v) is 11.7. The number of hydrogen-bond acceptors (Lipinski definition) is 7. The molecule has 0 unspecified atom stereocenters. The van der Waals surface area contributed by atoms with Gasteiger partial charge in [-0.1, -0.05) is 11.6 Å². The van der Waals surface area contributed by atoms with E-state index in [4.69, 9.17) is 21.1 Å². The number of nitrogens with zero attached hydrogens (tertiary/aromatic N) is 1. The molecule has 0 fully saturated rings. The van der Waals surface area contributed by atoms with Gasteiger partial charge in [0.15, 0.2) is 0 Å². The predicted octanol–water partition coefficient (Wildman–Crippen LogP) is 3.00. The number of esters is 1. The van der Waals surface area contributed by atoms with E-state index >= 15 is 0 Å². The average Bonchev–Trinajstić information content (AvgIpc) is 2.84. The van der Waals surface area contributed by atoms with Crippen molar-refractivity contribution < 1.29 is 27.5 Å². The molecule has 9 nitrogen and oxygen atoms in total. The average molecular weight is 502 g/mol. The van der Waals surface area contributed by atoms with Crippen LogP contribution in [0.4, 0.5) is 0 Å². The van der Waals surface area contributed by atoms with Crippen molar-refractivity contribution in [3.05, 3.63) is 88.9 Å². The second-order valence-corrected chi connectivity index (χ2v) is 8.96. The molecular formula is C23H20ClN3O6S. The van der Waals surface area contributed by atoms with Crippen LogP contribution in [-0.2, 0) is 14.8 Å². The minimum Gasteiger partial charge on any atom is -0.497 e. The lowest BCUT2D eigenvalue weighted by molar-refractivity contribution is -0.119. The summed E-state index contributed by atoms with van der Waals surface area (Å²) in [7, 11) is -2.32. The van der Waals surface area contributed by atoms with Gasteiger partial charge in [-0.15, -0.1) is 0 Å². The molecule has 0 aromatic heterocycles. The van der Waals surface area contributed by atoms with Crippen LogP contribution in [0.2, 0.25) is 5.02 Å². The van der Waals surface area contributed by atoms with Gasteiger partial charge in [0.2, 0.25) is 10.0 Å². The van der Waals surface area contributed by atoms with Gasteiger partial charge in [0.25, 0.3) is 5.91 Å². The van der Waals surface area contributed by atoms with Crippen LogP contribution in [0.25, 0.3) is 0 Å². The number of methoxy groups -OCH3 is 1. The Morgan fingerprint density at radius 1 is 0.941 bits per heavy atom. The van der Waals surface area contributed by atoms with Crippen molar-refractivity contribution in [1.29, 1.82) is 0 Å². The first-order valence-electron chi connectivity index (χ1n) is 9.80. The fraction of sp³-hybridized carbons (Fsp3) is 0.0870. The Morgan fingerprint density at radius 2 is 1.56 bits per heavy atom. The molecule has 0 aliphatic heterocycles. The minimum absolute atomic E-state index is 0.0130. The van der Waals surface area contributed by atoms with Crippen molar-refractivity contribution in [1.82, 2.24) is 10.1 Å². The van der Waals surface area contributed by atoms with Crippen LogP contribution in [-0.4, -0.2) is 40.2 Å². The Morgan fingerprint density at radius 3 is 2.18 bits per heavy atom. The Kier molecular flexibility index (Phi) is 8.36. The van der Waals surface area contributed by atoms with Gasteiger partial charge in [0, 0.05) is 5.02 Å². The van der Waals surface area contributed by atoms with Crippen molar-refractivity contribution in [3.63, 3.8) is 0 Å². The van der Waals surface area contributed by atoms with Crippen molar-refractivity contribution in [2.75, 3.05) is 13.7 Å². The highest BCUT2D eigenvalue weighted by Gasteiger charge is 2.15. The van der Waals surface area contributed by atoms with E-state index in [-0.39, 0.29) is 4.90 Å². The summed E-state index contributed by atoms with van der Waals surface area (Å²) in [5.74, 6) is -0.207. The number of rotatable bonds is 9. The number of halogens is 1. The first kappa shape index (κ1) is 24.9. The molecule has 176 valence electrons. The maximum Gasteiger partial charge on any atom is 0.343 e. The third-order valence-corrected chi connectivity index (χ3v) is 6.04. The molecule has 0 spiro atoms. The molecule has 1 amide bonds. The zero-order valence-corrected chi connectivity index (χ0v) is 19.5. The van der Waals surface area contributed by atoms with E-state index in [1.165, 1.54) is 37.6 Å². The Balaban J connectivity index is 1.47. The number of ether oxygens (including phenoxy) is 2. The molecule has 3 rings (SSSR count). The quantitative estimate of drug-likeness (QED) is 0.201. The van der Waals surface area contributed by atoms with Gasteiger partial charge in [-0.05, 0) is 78.4 Å². The number of hydrazone groups is 1. The molecular weight excluding hydrogens is 482 g/mol. The normalized spacial score (nSPS) is 11.2. The fourth-order valence-corrected chi connectivity index (χ4v) is 3.70. The summed E-state index contributed by atoms with van der Waals surface area (Å²) in [5, 5.41) is 4.18. The standard InChI is InChI=1S/C23H20ClN3O6S/c1-32-19-10-4-17(5-11-19)23(29)33-20-8-2-16(3-9-20)14-25-27-22(28)15-26-34(30,31)21-12-6-18(24)7-13-21/h2-14,26H,15H2,1H3,(H,27,28)/b25-14+. The van der Waals surface area contributed by atoms with E-state index in [0.717, 1.165) is 0 Å². The van der Waals surface area contributed by atoms with Crippen LogP contribution in [0.3, 0.4) is 0 Å². The summed E-state index contributed by atoms with van der Waals surface area (Å²) in [6.07, 6.45) is 1.36. The number of sulfonamides is 1. The van der Waals surface area contributed by atoms with Gasteiger partial charge in [0.05, 0.1) is 30.3 Å². The molecule has 3 aromatic carbocycles. The van der Waals surface area contributed by atoms with Gasteiger partial charge in [-0.25, -0.2) is 23.4 Å². The van der Waals surface area contributed by atoms with Crippen LogP contribution >= 0.6 is 11.6 Å². The van der Waals surface area contributed by atoms with Crippen molar-refractivity contribution in [2.24, 2.45) is 5.10 Å². The molecule has 0 aliphatic carbocycles. The number of hydrogen-bond donors (Lipinski definition) is 2. The van der Waals surface area contributed by atoms with Crippen LogP contribution in [0, 0.1) is 0 Å². The van der Waals surface area contributed by atoms with Crippen LogP contribution in [0.1, 0.15) is 15.9 Å². The highest BCUT2D eigenvalue weighted by Crippen LogP contribution is 2.16. The summed E-state index contributed by atoms with van der Waals surface area (Å²) in [4.78, 5) is 24.1. The highest BCUT2D eigenvalue weighted by molar-refractivity contribution is 7.89. The molecule has 0 atom stereocenters. The predicted molar refractivity (Wildman–Crippen MR) is 127 cm³/mol. The number of carbonyl (C=O) groups excluding carboxylic acids is 2. The summed E-state index contributed by atoms with van der Waals surface area (Å²) < 4.78 is 36.9. The smallest absolute Gasteiger partial charge is 0.343 e. The molecule has 0 radical (unpaired) electrons. The largest absolute Gasteiger partial charge is 0.497 e. The van der Waals surface area contributed by atoms with Gasteiger partial charge >= 0.3 is 5.97 Å². The van der Waals surface area contributed by atoms with Gasteiger partial charge in [-0.3, -0.25) is 4.79 Å².